The Morgan fingerprint density at radius 1 is 1.14 bits per heavy atom. The maximum Gasteiger partial charge on any atom is 0.252 e. The molecule has 1 aromatic carbocycles. The van der Waals surface area contributed by atoms with E-state index in [1.165, 1.54) is 17.0 Å². The molecule has 1 aliphatic carbocycles. The number of nitrogens with one attached hydrogen (secondary N) is 1. The predicted octanol–water partition coefficient (Wildman–Crippen LogP) is 0.792. The van der Waals surface area contributed by atoms with Gasteiger partial charge in [0.2, 0.25) is 5.91 Å². The molecule has 2 aliphatic rings. The summed E-state index contributed by atoms with van der Waals surface area (Å²) in [6.07, 6.45) is 3.09. The van der Waals surface area contributed by atoms with Crippen LogP contribution in [0.3, 0.4) is 0 Å². The molecule has 6 nitrogen and oxygen atoms in total. The summed E-state index contributed by atoms with van der Waals surface area (Å²) in [5.41, 5.74) is 0.631. The molecular weight excluding hydrogens is 292 g/mol. The van der Waals surface area contributed by atoms with Gasteiger partial charge >= 0.3 is 0 Å². The summed E-state index contributed by atoms with van der Waals surface area (Å²) in [6, 6.07) is 5.71. The van der Waals surface area contributed by atoms with Gasteiger partial charge in [-0.25, -0.2) is 8.42 Å². The van der Waals surface area contributed by atoms with Crippen LogP contribution in [0.15, 0.2) is 29.2 Å². The van der Waals surface area contributed by atoms with E-state index in [0.29, 0.717) is 5.69 Å². The Labute approximate surface area is 123 Å². The molecule has 3 rings (SSSR count). The van der Waals surface area contributed by atoms with Crippen LogP contribution in [-0.2, 0) is 19.4 Å². The molecular formula is C14H16N2O4S. The molecule has 0 aromatic heterocycles. The lowest BCUT2D eigenvalue weighted by atomic mass is 10.2. The standard InChI is InChI=1S/C14H16N2O4S/c1-21(19,20)11-6-2-9(3-7-11)15-12-8-13(17)16(14(12)18)10-4-5-10/h2-3,6-7,10,12,15H,4-5,8H2,1H3. The summed E-state index contributed by atoms with van der Waals surface area (Å²) in [7, 11) is -3.24. The van der Waals surface area contributed by atoms with E-state index in [1.54, 1.807) is 12.1 Å². The summed E-state index contributed by atoms with van der Waals surface area (Å²) in [5.74, 6) is -0.317. The summed E-state index contributed by atoms with van der Waals surface area (Å²) < 4.78 is 22.8. The van der Waals surface area contributed by atoms with Gasteiger partial charge in [-0.15, -0.1) is 0 Å². The van der Waals surface area contributed by atoms with Gasteiger partial charge in [-0.3, -0.25) is 14.5 Å². The predicted molar refractivity (Wildman–Crippen MR) is 76.5 cm³/mol. The van der Waals surface area contributed by atoms with Crippen LogP contribution in [0.4, 0.5) is 5.69 Å². The monoisotopic (exact) mass is 308 g/mol. The summed E-state index contributed by atoms with van der Waals surface area (Å²) in [6.45, 7) is 0. The topological polar surface area (TPSA) is 83.6 Å². The number of imide groups is 1. The lowest BCUT2D eigenvalue weighted by Crippen LogP contribution is -2.36. The number of anilines is 1. The number of sulfone groups is 1. The largest absolute Gasteiger partial charge is 0.373 e. The van der Waals surface area contributed by atoms with Crippen molar-refractivity contribution in [3.63, 3.8) is 0 Å². The minimum Gasteiger partial charge on any atom is -0.373 e. The average molecular weight is 308 g/mol. The normalized spacial score (nSPS) is 22.7. The summed E-state index contributed by atoms with van der Waals surface area (Å²) in [4.78, 5) is 25.6. The van der Waals surface area contributed by atoms with Gasteiger partial charge in [0.1, 0.15) is 6.04 Å². The zero-order valence-corrected chi connectivity index (χ0v) is 12.4. The van der Waals surface area contributed by atoms with Crippen molar-refractivity contribution in [2.45, 2.75) is 36.2 Å². The van der Waals surface area contributed by atoms with E-state index in [2.05, 4.69) is 5.32 Å². The van der Waals surface area contributed by atoms with Crippen LogP contribution in [0.1, 0.15) is 19.3 Å². The summed E-state index contributed by atoms with van der Waals surface area (Å²) >= 11 is 0. The van der Waals surface area contributed by atoms with Crippen LogP contribution in [0.2, 0.25) is 0 Å². The number of rotatable bonds is 4. The van der Waals surface area contributed by atoms with Gasteiger partial charge in [-0.1, -0.05) is 0 Å². The van der Waals surface area contributed by atoms with Crippen molar-refractivity contribution in [1.29, 1.82) is 0 Å². The van der Waals surface area contributed by atoms with E-state index in [-0.39, 0.29) is 29.2 Å². The number of hydrogen-bond donors (Lipinski definition) is 1. The highest BCUT2D eigenvalue weighted by molar-refractivity contribution is 7.90. The first-order chi connectivity index (χ1) is 9.86. The zero-order valence-electron chi connectivity index (χ0n) is 11.6. The first-order valence-corrected chi connectivity index (χ1v) is 8.68. The molecule has 2 fully saturated rings. The van der Waals surface area contributed by atoms with Gasteiger partial charge in [0.05, 0.1) is 11.3 Å². The fourth-order valence-electron chi connectivity index (χ4n) is 2.48. The number of likely N-dealkylation sites (tertiary alicyclic amines) is 1. The van der Waals surface area contributed by atoms with E-state index in [9.17, 15) is 18.0 Å². The molecule has 1 aromatic rings. The van der Waals surface area contributed by atoms with Gasteiger partial charge in [0, 0.05) is 18.0 Å². The van der Waals surface area contributed by atoms with Crippen molar-refractivity contribution >= 4 is 27.3 Å². The third-order valence-electron chi connectivity index (χ3n) is 3.72. The number of hydrogen-bond acceptors (Lipinski definition) is 5. The molecule has 1 atom stereocenters. The fraction of sp³-hybridized carbons (Fsp3) is 0.429. The maximum atomic E-state index is 12.2. The molecule has 21 heavy (non-hydrogen) atoms. The van der Waals surface area contributed by atoms with Crippen molar-refractivity contribution in [2.24, 2.45) is 0 Å². The second-order valence-corrected chi connectivity index (χ2v) is 7.55. The molecule has 0 radical (unpaired) electrons. The van der Waals surface area contributed by atoms with Crippen LogP contribution >= 0.6 is 0 Å². The number of amides is 2. The van der Waals surface area contributed by atoms with E-state index in [4.69, 9.17) is 0 Å². The molecule has 2 amide bonds. The fourth-order valence-corrected chi connectivity index (χ4v) is 3.11. The Kier molecular flexibility index (Phi) is 3.24. The van der Waals surface area contributed by atoms with Gasteiger partial charge in [-0.2, -0.15) is 0 Å². The molecule has 1 unspecified atom stereocenters. The van der Waals surface area contributed by atoms with Gasteiger partial charge in [0.25, 0.3) is 5.91 Å². The first kappa shape index (κ1) is 14.1. The Morgan fingerprint density at radius 2 is 1.76 bits per heavy atom. The van der Waals surface area contributed by atoms with E-state index >= 15 is 0 Å². The highest BCUT2D eigenvalue weighted by Gasteiger charge is 2.46. The molecule has 0 spiro atoms. The number of carbonyl (C=O) groups is 2. The molecule has 7 heteroatoms. The third-order valence-corrected chi connectivity index (χ3v) is 4.85. The second kappa shape index (κ2) is 4.84. The molecule has 1 saturated heterocycles. The highest BCUT2D eigenvalue weighted by atomic mass is 32.2. The van der Waals surface area contributed by atoms with Gasteiger partial charge in [-0.05, 0) is 37.1 Å². The molecule has 1 saturated carbocycles. The third kappa shape index (κ3) is 2.78. The van der Waals surface area contributed by atoms with E-state index in [1.807, 2.05) is 0 Å². The van der Waals surface area contributed by atoms with Crippen LogP contribution in [0.25, 0.3) is 0 Å². The van der Waals surface area contributed by atoms with Crippen LogP contribution in [0.5, 0.6) is 0 Å². The average Bonchev–Trinajstić information content (AvgIpc) is 3.18. The highest BCUT2D eigenvalue weighted by Crippen LogP contribution is 2.32. The Bertz CT molecular complexity index is 692. The quantitative estimate of drug-likeness (QED) is 0.832. The number of nitrogens with zero attached hydrogens (tertiary/aromatic N) is 1. The van der Waals surface area contributed by atoms with Crippen molar-refractivity contribution in [3.8, 4) is 0 Å². The molecule has 1 heterocycles. The van der Waals surface area contributed by atoms with Gasteiger partial charge in [0.15, 0.2) is 9.84 Å². The lowest BCUT2D eigenvalue weighted by Gasteiger charge is -2.15. The molecule has 1 aliphatic heterocycles. The minimum absolute atomic E-state index is 0.0874. The van der Waals surface area contributed by atoms with E-state index < -0.39 is 15.9 Å². The van der Waals surface area contributed by atoms with Crippen LogP contribution in [0, 0.1) is 0 Å². The Balaban J connectivity index is 1.72. The minimum atomic E-state index is -3.24. The number of benzene rings is 1. The smallest absolute Gasteiger partial charge is 0.252 e. The molecule has 0 bridgehead atoms. The summed E-state index contributed by atoms with van der Waals surface area (Å²) in [5, 5.41) is 3.01. The van der Waals surface area contributed by atoms with Crippen LogP contribution < -0.4 is 5.32 Å². The van der Waals surface area contributed by atoms with Gasteiger partial charge < -0.3 is 5.32 Å². The van der Waals surface area contributed by atoms with E-state index in [0.717, 1.165) is 19.1 Å². The van der Waals surface area contributed by atoms with Crippen molar-refractivity contribution in [2.75, 3.05) is 11.6 Å². The SMILES string of the molecule is CS(=O)(=O)c1ccc(NC2CC(=O)N(C3CC3)C2=O)cc1. The van der Waals surface area contributed by atoms with Crippen LogP contribution in [-0.4, -0.2) is 43.5 Å². The van der Waals surface area contributed by atoms with Crippen molar-refractivity contribution in [3.05, 3.63) is 24.3 Å². The maximum absolute atomic E-state index is 12.2. The van der Waals surface area contributed by atoms with Crippen molar-refractivity contribution in [1.82, 2.24) is 4.90 Å². The first-order valence-electron chi connectivity index (χ1n) is 6.79. The number of carbonyl (C=O) groups excluding carboxylic acids is 2. The zero-order chi connectivity index (χ0) is 15.2. The molecule has 112 valence electrons. The second-order valence-electron chi connectivity index (χ2n) is 5.53. The van der Waals surface area contributed by atoms with Crippen molar-refractivity contribution < 1.29 is 18.0 Å². The lowest BCUT2D eigenvalue weighted by molar-refractivity contribution is -0.139. The Morgan fingerprint density at radius 3 is 2.29 bits per heavy atom. The molecule has 1 N–H and O–H groups in total. The Hall–Kier alpha value is -1.89.